The highest BCUT2D eigenvalue weighted by molar-refractivity contribution is 5.91. The van der Waals surface area contributed by atoms with Crippen LogP contribution in [0.2, 0.25) is 0 Å². The molecular formula is C15H18N2O4. The smallest absolute Gasteiger partial charge is 0.319 e. The molecule has 6 nitrogen and oxygen atoms in total. The van der Waals surface area contributed by atoms with Crippen molar-refractivity contribution in [2.75, 3.05) is 19.5 Å². The van der Waals surface area contributed by atoms with E-state index in [2.05, 4.69) is 10.6 Å². The number of hydrogen-bond donors (Lipinski definition) is 2. The molecule has 0 radical (unpaired) electrons. The number of furan rings is 1. The number of aryl methyl sites for hydroxylation is 1. The molecule has 0 unspecified atom stereocenters. The molecule has 2 rings (SSSR count). The molecule has 0 aliphatic rings. The summed E-state index contributed by atoms with van der Waals surface area (Å²) in [4.78, 5) is 11.9. The lowest BCUT2D eigenvalue weighted by atomic mass is 10.2. The molecule has 0 bridgehead atoms. The Bertz CT molecular complexity index is 622. The van der Waals surface area contributed by atoms with Gasteiger partial charge in [0.25, 0.3) is 0 Å². The molecule has 0 aliphatic carbocycles. The average molecular weight is 290 g/mol. The number of hydrogen-bond acceptors (Lipinski definition) is 4. The Balaban J connectivity index is 1.95. The molecule has 0 atom stereocenters. The maximum atomic E-state index is 11.9. The van der Waals surface area contributed by atoms with E-state index in [1.165, 1.54) is 7.11 Å². The predicted octanol–water partition coefficient (Wildman–Crippen LogP) is 2.93. The van der Waals surface area contributed by atoms with Crippen LogP contribution in [-0.4, -0.2) is 20.3 Å². The van der Waals surface area contributed by atoms with Gasteiger partial charge in [-0.05, 0) is 31.2 Å². The van der Waals surface area contributed by atoms with Crippen LogP contribution < -0.4 is 20.1 Å². The van der Waals surface area contributed by atoms with Crippen molar-refractivity contribution in [2.45, 2.75) is 13.5 Å². The number of carbonyl (C=O) groups excluding carboxylic acids is 1. The van der Waals surface area contributed by atoms with E-state index >= 15 is 0 Å². The SMILES string of the molecule is COc1ccc(NC(=O)NCc2ccc(C)o2)c(OC)c1. The maximum absolute atomic E-state index is 11.9. The van der Waals surface area contributed by atoms with Crippen LogP contribution in [0.4, 0.5) is 10.5 Å². The molecule has 21 heavy (non-hydrogen) atoms. The normalized spacial score (nSPS) is 10.0. The summed E-state index contributed by atoms with van der Waals surface area (Å²) in [6.07, 6.45) is 0. The number of ether oxygens (including phenoxy) is 2. The highest BCUT2D eigenvalue weighted by Gasteiger charge is 2.09. The summed E-state index contributed by atoms with van der Waals surface area (Å²) in [6.45, 7) is 2.17. The fourth-order valence-corrected chi connectivity index (χ4v) is 1.82. The molecule has 6 heteroatoms. The van der Waals surface area contributed by atoms with E-state index in [9.17, 15) is 4.79 Å². The summed E-state index contributed by atoms with van der Waals surface area (Å²) in [6, 6.07) is 8.49. The summed E-state index contributed by atoms with van der Waals surface area (Å²) in [5, 5.41) is 5.43. The van der Waals surface area contributed by atoms with E-state index in [0.717, 1.165) is 5.76 Å². The molecule has 112 valence electrons. The van der Waals surface area contributed by atoms with Gasteiger partial charge in [0.2, 0.25) is 0 Å². The van der Waals surface area contributed by atoms with Crippen LogP contribution in [0.3, 0.4) is 0 Å². The van der Waals surface area contributed by atoms with Crippen molar-refractivity contribution in [3.05, 3.63) is 41.9 Å². The first-order valence-electron chi connectivity index (χ1n) is 6.44. The molecule has 0 saturated carbocycles. The van der Waals surface area contributed by atoms with Crippen LogP contribution in [0, 0.1) is 6.92 Å². The molecular weight excluding hydrogens is 272 g/mol. The van der Waals surface area contributed by atoms with Gasteiger partial charge in [-0.3, -0.25) is 0 Å². The highest BCUT2D eigenvalue weighted by Crippen LogP contribution is 2.28. The number of methoxy groups -OCH3 is 2. The number of carbonyl (C=O) groups is 1. The van der Waals surface area contributed by atoms with Gasteiger partial charge in [0, 0.05) is 6.07 Å². The third kappa shape index (κ3) is 3.92. The van der Waals surface area contributed by atoms with Gasteiger partial charge in [-0.2, -0.15) is 0 Å². The number of amides is 2. The van der Waals surface area contributed by atoms with Crippen molar-refractivity contribution in [3.8, 4) is 11.5 Å². The van der Waals surface area contributed by atoms with Crippen LogP contribution >= 0.6 is 0 Å². The van der Waals surface area contributed by atoms with Crippen molar-refractivity contribution >= 4 is 11.7 Å². The summed E-state index contributed by atoms with van der Waals surface area (Å²) in [5.41, 5.74) is 0.562. The van der Waals surface area contributed by atoms with E-state index in [1.54, 1.807) is 25.3 Å². The first kappa shape index (κ1) is 14.8. The third-order valence-electron chi connectivity index (χ3n) is 2.88. The van der Waals surface area contributed by atoms with Gasteiger partial charge in [-0.15, -0.1) is 0 Å². The Hall–Kier alpha value is -2.63. The van der Waals surface area contributed by atoms with Crippen LogP contribution in [0.25, 0.3) is 0 Å². The Morgan fingerprint density at radius 1 is 1.19 bits per heavy atom. The zero-order valence-electron chi connectivity index (χ0n) is 12.2. The second-order valence-corrected chi connectivity index (χ2v) is 4.39. The van der Waals surface area contributed by atoms with E-state index in [-0.39, 0.29) is 6.03 Å². The Morgan fingerprint density at radius 3 is 2.62 bits per heavy atom. The van der Waals surface area contributed by atoms with E-state index in [0.29, 0.717) is 29.5 Å². The molecule has 0 saturated heterocycles. The maximum Gasteiger partial charge on any atom is 0.319 e. The molecule has 2 amide bonds. The third-order valence-corrected chi connectivity index (χ3v) is 2.88. The second-order valence-electron chi connectivity index (χ2n) is 4.39. The van der Waals surface area contributed by atoms with Crippen molar-refractivity contribution in [2.24, 2.45) is 0 Å². The van der Waals surface area contributed by atoms with E-state index < -0.39 is 0 Å². The number of anilines is 1. The zero-order valence-corrected chi connectivity index (χ0v) is 12.2. The van der Waals surface area contributed by atoms with Crippen molar-refractivity contribution in [1.82, 2.24) is 5.32 Å². The minimum atomic E-state index is -0.340. The standard InChI is InChI=1S/C15H18N2O4/c1-10-4-5-12(21-10)9-16-15(18)17-13-7-6-11(19-2)8-14(13)20-3/h4-8H,9H2,1-3H3,(H2,16,17,18). The van der Waals surface area contributed by atoms with Gasteiger partial charge in [-0.25, -0.2) is 4.79 Å². The molecule has 1 aromatic carbocycles. The Kier molecular flexibility index (Phi) is 4.71. The lowest BCUT2D eigenvalue weighted by Crippen LogP contribution is -2.28. The first-order valence-corrected chi connectivity index (χ1v) is 6.44. The topological polar surface area (TPSA) is 72.7 Å². The summed E-state index contributed by atoms with van der Waals surface area (Å²) < 4.78 is 15.7. The monoisotopic (exact) mass is 290 g/mol. The second kappa shape index (κ2) is 6.69. The van der Waals surface area contributed by atoms with Crippen molar-refractivity contribution < 1.29 is 18.7 Å². The highest BCUT2D eigenvalue weighted by atomic mass is 16.5. The van der Waals surface area contributed by atoms with Gasteiger partial charge >= 0.3 is 6.03 Å². The molecule has 1 aromatic heterocycles. The largest absolute Gasteiger partial charge is 0.497 e. The van der Waals surface area contributed by atoms with Crippen molar-refractivity contribution in [3.63, 3.8) is 0 Å². The molecule has 0 spiro atoms. The van der Waals surface area contributed by atoms with E-state index in [1.807, 2.05) is 19.1 Å². The lowest BCUT2D eigenvalue weighted by molar-refractivity contribution is 0.250. The number of benzene rings is 1. The molecule has 2 aromatic rings. The fourth-order valence-electron chi connectivity index (χ4n) is 1.82. The number of urea groups is 1. The van der Waals surface area contributed by atoms with E-state index in [4.69, 9.17) is 13.9 Å². The van der Waals surface area contributed by atoms with Gasteiger partial charge < -0.3 is 24.5 Å². The van der Waals surface area contributed by atoms with Crippen LogP contribution in [0.15, 0.2) is 34.7 Å². The molecule has 0 aliphatic heterocycles. The summed E-state index contributed by atoms with van der Waals surface area (Å²) in [7, 11) is 3.10. The van der Waals surface area contributed by atoms with Crippen LogP contribution in [0.5, 0.6) is 11.5 Å². The fraction of sp³-hybridized carbons (Fsp3) is 0.267. The quantitative estimate of drug-likeness (QED) is 0.888. The zero-order chi connectivity index (χ0) is 15.2. The van der Waals surface area contributed by atoms with Gasteiger partial charge in [-0.1, -0.05) is 0 Å². The minimum absolute atomic E-state index is 0.318. The molecule has 1 heterocycles. The Morgan fingerprint density at radius 2 is 2.00 bits per heavy atom. The van der Waals surface area contributed by atoms with Gasteiger partial charge in [0.15, 0.2) is 0 Å². The molecule has 2 N–H and O–H groups in total. The van der Waals surface area contributed by atoms with Crippen LogP contribution in [0.1, 0.15) is 11.5 Å². The summed E-state index contributed by atoms with van der Waals surface area (Å²) in [5.74, 6) is 2.69. The average Bonchev–Trinajstić information content (AvgIpc) is 2.91. The van der Waals surface area contributed by atoms with Gasteiger partial charge in [0.1, 0.15) is 23.0 Å². The van der Waals surface area contributed by atoms with Crippen LogP contribution in [-0.2, 0) is 6.54 Å². The minimum Gasteiger partial charge on any atom is -0.497 e. The summed E-state index contributed by atoms with van der Waals surface area (Å²) >= 11 is 0. The molecule has 0 fully saturated rings. The number of rotatable bonds is 5. The van der Waals surface area contributed by atoms with Crippen molar-refractivity contribution in [1.29, 1.82) is 0 Å². The first-order chi connectivity index (χ1) is 10.1. The van der Waals surface area contributed by atoms with Gasteiger partial charge in [0.05, 0.1) is 26.5 Å². The predicted molar refractivity (Wildman–Crippen MR) is 78.8 cm³/mol. The Labute approximate surface area is 123 Å². The lowest BCUT2D eigenvalue weighted by Gasteiger charge is -2.12. The number of nitrogens with one attached hydrogen (secondary N) is 2.